The van der Waals surface area contributed by atoms with Gasteiger partial charge in [-0.2, -0.15) is 0 Å². The van der Waals surface area contributed by atoms with Gasteiger partial charge in [0.25, 0.3) is 0 Å². The number of hydrogen-bond donors (Lipinski definition) is 0. The molecule has 29 heavy (non-hydrogen) atoms. The van der Waals surface area contributed by atoms with Crippen LogP contribution in [0.15, 0.2) is 18.2 Å². The molecule has 6 rings (SSSR count). The Kier molecular flexibility index (Phi) is 3.73. The van der Waals surface area contributed by atoms with E-state index in [1.54, 1.807) is 12.7 Å². The van der Waals surface area contributed by atoms with Crippen LogP contribution in [0.2, 0.25) is 0 Å². The quantitative estimate of drug-likeness (QED) is 0.641. The molecule has 1 heterocycles. The molecule has 0 amide bonds. The number of hydrogen-bond acceptors (Lipinski definition) is 3. The average molecular weight is 397 g/mol. The highest BCUT2D eigenvalue weighted by molar-refractivity contribution is 5.42. The second-order valence-corrected chi connectivity index (χ2v) is 11.1. The van der Waals surface area contributed by atoms with Crippen molar-refractivity contribution in [3.05, 3.63) is 29.3 Å². The van der Waals surface area contributed by atoms with Gasteiger partial charge in [0.2, 0.25) is 0 Å². The Bertz CT molecular complexity index is 842. The van der Waals surface area contributed by atoms with Crippen molar-refractivity contribution in [3.8, 4) is 5.75 Å². The zero-order chi connectivity index (χ0) is 20.1. The Hall–Kier alpha value is -1.06. The molecule has 4 aliphatic carbocycles. The van der Waals surface area contributed by atoms with E-state index in [1.165, 1.54) is 50.5 Å². The third kappa shape index (κ3) is 1.94. The van der Waals surface area contributed by atoms with E-state index in [-0.39, 0.29) is 5.41 Å². The van der Waals surface area contributed by atoms with E-state index in [1.807, 2.05) is 0 Å². The van der Waals surface area contributed by atoms with Crippen molar-refractivity contribution < 1.29 is 14.2 Å². The van der Waals surface area contributed by atoms with Gasteiger partial charge >= 0.3 is 0 Å². The molecule has 158 valence electrons. The molecule has 2 bridgehead atoms. The van der Waals surface area contributed by atoms with Crippen molar-refractivity contribution in [1.29, 1.82) is 0 Å². The molecule has 1 aromatic carbocycles. The third-order valence-electron chi connectivity index (χ3n) is 10.8. The first-order chi connectivity index (χ1) is 13.9. The van der Waals surface area contributed by atoms with Crippen LogP contribution in [0.5, 0.6) is 5.75 Å². The first-order valence-electron chi connectivity index (χ1n) is 11.9. The number of methoxy groups -OCH3 is 1. The standard InChI is InChI=1S/C26H36O3/c1-17-16-25-11-12-26(17,24(3)28-13-14-29-24)23(25,2)10-9-21-20-7-6-19(27-4)15-18(20)5-8-22(21)25/h6-7,15,17,21-22H,5,8-14,16H2,1-4H3/t17-,21-,22-,23+,25?,26+/m1/s1. The van der Waals surface area contributed by atoms with Gasteiger partial charge in [-0.1, -0.05) is 19.9 Å². The van der Waals surface area contributed by atoms with Gasteiger partial charge in [-0.3, -0.25) is 0 Å². The number of aryl methyl sites for hydroxylation is 1. The number of fused-ring (bicyclic) bond motifs is 3. The zero-order valence-electron chi connectivity index (χ0n) is 18.6. The van der Waals surface area contributed by atoms with Crippen LogP contribution in [0.25, 0.3) is 0 Å². The van der Waals surface area contributed by atoms with E-state index in [4.69, 9.17) is 14.2 Å². The maximum absolute atomic E-state index is 6.41. The molecule has 6 atom stereocenters. The lowest BCUT2D eigenvalue weighted by Crippen LogP contribution is -2.58. The topological polar surface area (TPSA) is 27.7 Å². The van der Waals surface area contributed by atoms with E-state index in [9.17, 15) is 0 Å². The van der Waals surface area contributed by atoms with Gasteiger partial charge in [0.15, 0.2) is 5.79 Å². The van der Waals surface area contributed by atoms with E-state index in [2.05, 4.69) is 39.0 Å². The molecule has 1 saturated heterocycles. The smallest absolute Gasteiger partial charge is 0.172 e. The molecule has 4 fully saturated rings. The Morgan fingerprint density at radius 2 is 1.83 bits per heavy atom. The number of benzene rings is 1. The lowest BCUT2D eigenvalue weighted by Gasteiger charge is -2.59. The summed E-state index contributed by atoms with van der Waals surface area (Å²) in [7, 11) is 1.78. The number of rotatable bonds is 2. The summed E-state index contributed by atoms with van der Waals surface area (Å²) in [6, 6.07) is 6.87. The van der Waals surface area contributed by atoms with Crippen LogP contribution in [0.3, 0.4) is 0 Å². The van der Waals surface area contributed by atoms with Crippen LogP contribution in [-0.2, 0) is 15.9 Å². The van der Waals surface area contributed by atoms with Gasteiger partial charge in [-0.25, -0.2) is 0 Å². The minimum atomic E-state index is -0.397. The van der Waals surface area contributed by atoms with Crippen molar-refractivity contribution in [2.24, 2.45) is 28.1 Å². The van der Waals surface area contributed by atoms with E-state index in [0.29, 0.717) is 16.7 Å². The van der Waals surface area contributed by atoms with Crippen molar-refractivity contribution in [1.82, 2.24) is 0 Å². The molecule has 0 aromatic heterocycles. The minimum Gasteiger partial charge on any atom is -0.497 e. The second kappa shape index (κ2) is 5.79. The summed E-state index contributed by atoms with van der Waals surface area (Å²) >= 11 is 0. The Morgan fingerprint density at radius 3 is 2.55 bits per heavy atom. The summed E-state index contributed by atoms with van der Waals surface area (Å²) in [6.07, 6.45) is 9.17. The molecule has 0 spiro atoms. The molecule has 5 aliphatic rings. The summed E-state index contributed by atoms with van der Waals surface area (Å²) in [4.78, 5) is 0. The Balaban J connectivity index is 1.44. The van der Waals surface area contributed by atoms with Crippen molar-refractivity contribution in [2.45, 2.75) is 77.4 Å². The highest BCUT2D eigenvalue weighted by atomic mass is 16.7. The SMILES string of the molecule is COc1ccc2c(c1)CC[C@@H]1[C@@H]2CC[C@@]2(C)C13CC[C@]2(C1(C)OCCO1)[C@H](C)C3. The van der Waals surface area contributed by atoms with Gasteiger partial charge in [0.1, 0.15) is 5.75 Å². The summed E-state index contributed by atoms with van der Waals surface area (Å²) in [5, 5.41) is 0. The second-order valence-electron chi connectivity index (χ2n) is 11.1. The van der Waals surface area contributed by atoms with E-state index in [0.717, 1.165) is 30.8 Å². The van der Waals surface area contributed by atoms with Gasteiger partial charge < -0.3 is 14.2 Å². The first kappa shape index (κ1) is 18.7. The highest BCUT2D eigenvalue weighted by Crippen LogP contribution is 2.84. The van der Waals surface area contributed by atoms with Crippen LogP contribution in [-0.4, -0.2) is 26.1 Å². The Morgan fingerprint density at radius 1 is 1.03 bits per heavy atom. The van der Waals surface area contributed by atoms with Gasteiger partial charge in [-0.05, 0) is 104 Å². The van der Waals surface area contributed by atoms with Crippen molar-refractivity contribution in [3.63, 3.8) is 0 Å². The first-order valence-corrected chi connectivity index (χ1v) is 11.9. The monoisotopic (exact) mass is 396 g/mol. The summed E-state index contributed by atoms with van der Waals surface area (Å²) in [6.45, 7) is 8.94. The molecule has 0 radical (unpaired) electrons. The van der Waals surface area contributed by atoms with Crippen LogP contribution in [0.1, 0.15) is 76.3 Å². The number of ether oxygens (including phenoxy) is 3. The molecule has 3 heteroatoms. The van der Waals surface area contributed by atoms with E-state index >= 15 is 0 Å². The molecular weight excluding hydrogens is 360 g/mol. The largest absolute Gasteiger partial charge is 0.497 e. The van der Waals surface area contributed by atoms with Gasteiger partial charge in [-0.15, -0.1) is 0 Å². The molecule has 0 N–H and O–H groups in total. The van der Waals surface area contributed by atoms with Crippen LogP contribution < -0.4 is 4.74 Å². The summed E-state index contributed by atoms with van der Waals surface area (Å²) in [5.74, 6) is 2.81. The average Bonchev–Trinajstić information content (AvgIpc) is 3.34. The predicted octanol–water partition coefficient (Wildman–Crippen LogP) is 5.71. The van der Waals surface area contributed by atoms with Crippen LogP contribution in [0, 0.1) is 28.1 Å². The maximum atomic E-state index is 6.41. The van der Waals surface area contributed by atoms with E-state index < -0.39 is 5.79 Å². The molecule has 1 unspecified atom stereocenters. The fourth-order valence-corrected chi connectivity index (χ4v) is 9.90. The molecular formula is C26H36O3. The van der Waals surface area contributed by atoms with Crippen molar-refractivity contribution in [2.75, 3.05) is 20.3 Å². The fourth-order valence-electron chi connectivity index (χ4n) is 9.90. The molecule has 3 nitrogen and oxygen atoms in total. The molecule has 1 aromatic rings. The Labute approximate surface area is 175 Å². The molecule has 1 aliphatic heterocycles. The lowest BCUT2D eigenvalue weighted by molar-refractivity contribution is -0.268. The lowest BCUT2D eigenvalue weighted by atomic mass is 9.46. The maximum Gasteiger partial charge on any atom is 0.172 e. The van der Waals surface area contributed by atoms with Gasteiger partial charge in [0, 0.05) is 5.41 Å². The van der Waals surface area contributed by atoms with Crippen LogP contribution >= 0.6 is 0 Å². The third-order valence-corrected chi connectivity index (χ3v) is 10.8. The predicted molar refractivity (Wildman–Crippen MR) is 113 cm³/mol. The van der Waals surface area contributed by atoms with Gasteiger partial charge in [0.05, 0.1) is 20.3 Å². The molecule has 3 saturated carbocycles. The van der Waals surface area contributed by atoms with Crippen LogP contribution in [0.4, 0.5) is 0 Å². The summed E-state index contributed by atoms with van der Waals surface area (Å²) < 4.78 is 18.3. The minimum absolute atomic E-state index is 0.168. The normalized spacial score (nSPS) is 46.8. The highest BCUT2D eigenvalue weighted by Gasteiger charge is 2.80. The van der Waals surface area contributed by atoms with Crippen molar-refractivity contribution >= 4 is 0 Å². The summed E-state index contributed by atoms with van der Waals surface area (Å²) in [5.41, 5.74) is 4.10. The zero-order valence-corrected chi connectivity index (χ0v) is 18.6. The fraction of sp³-hybridized carbons (Fsp3) is 0.769.